The number of anilines is 1. The van der Waals surface area contributed by atoms with Crippen LogP contribution >= 0.6 is 11.6 Å². The van der Waals surface area contributed by atoms with Crippen molar-refractivity contribution < 1.29 is 23.8 Å². The summed E-state index contributed by atoms with van der Waals surface area (Å²) in [5.41, 5.74) is 1.29. The standard InChI is InChI=1S/C21H23ClN2O5/c1-4-17-21(26)24(16-9-14(22)6-8-18(16)29-17)12-20(25)23-11-13-5-7-15(27-2)10-19(13)28-3/h5-10,17H,4,11-12H2,1-3H3,(H,23,25)/t17-/m1/s1. The zero-order chi connectivity index (χ0) is 21.0. The fourth-order valence-corrected chi connectivity index (χ4v) is 3.28. The second kappa shape index (κ2) is 9.05. The first kappa shape index (κ1) is 20.8. The second-order valence-electron chi connectivity index (χ2n) is 6.51. The highest BCUT2D eigenvalue weighted by atomic mass is 35.5. The van der Waals surface area contributed by atoms with E-state index in [-0.39, 0.29) is 24.9 Å². The van der Waals surface area contributed by atoms with E-state index in [1.165, 1.54) is 4.90 Å². The molecule has 1 aliphatic heterocycles. The molecule has 154 valence electrons. The molecule has 8 heteroatoms. The largest absolute Gasteiger partial charge is 0.497 e. The van der Waals surface area contributed by atoms with E-state index in [4.69, 9.17) is 25.8 Å². The predicted octanol–water partition coefficient (Wildman–Crippen LogP) is 3.18. The van der Waals surface area contributed by atoms with E-state index in [9.17, 15) is 9.59 Å². The van der Waals surface area contributed by atoms with Gasteiger partial charge in [0.05, 0.1) is 19.9 Å². The molecule has 1 heterocycles. The molecule has 2 aromatic rings. The van der Waals surface area contributed by atoms with Gasteiger partial charge < -0.3 is 19.5 Å². The molecule has 2 aromatic carbocycles. The van der Waals surface area contributed by atoms with Crippen molar-refractivity contribution in [2.45, 2.75) is 26.0 Å². The van der Waals surface area contributed by atoms with Crippen molar-refractivity contribution in [3.8, 4) is 17.2 Å². The Morgan fingerprint density at radius 1 is 1.21 bits per heavy atom. The van der Waals surface area contributed by atoms with Crippen LogP contribution in [-0.2, 0) is 16.1 Å². The molecule has 3 rings (SSSR count). The van der Waals surface area contributed by atoms with Crippen LogP contribution in [-0.4, -0.2) is 38.7 Å². The summed E-state index contributed by atoms with van der Waals surface area (Å²) in [6.45, 7) is 1.98. The Balaban J connectivity index is 1.73. The Hall–Kier alpha value is -2.93. The summed E-state index contributed by atoms with van der Waals surface area (Å²) in [4.78, 5) is 26.8. The van der Waals surface area contributed by atoms with Gasteiger partial charge in [-0.3, -0.25) is 14.5 Å². The predicted molar refractivity (Wildman–Crippen MR) is 110 cm³/mol. The van der Waals surface area contributed by atoms with Crippen LogP contribution in [0.1, 0.15) is 18.9 Å². The van der Waals surface area contributed by atoms with E-state index < -0.39 is 6.10 Å². The molecule has 29 heavy (non-hydrogen) atoms. The smallest absolute Gasteiger partial charge is 0.268 e. The summed E-state index contributed by atoms with van der Waals surface area (Å²) >= 11 is 6.08. The Morgan fingerprint density at radius 2 is 2.00 bits per heavy atom. The van der Waals surface area contributed by atoms with Crippen LogP contribution in [0, 0.1) is 0 Å². The number of carbonyl (C=O) groups excluding carboxylic acids is 2. The summed E-state index contributed by atoms with van der Waals surface area (Å²) in [6, 6.07) is 10.4. The molecule has 1 atom stereocenters. The maximum atomic E-state index is 12.8. The van der Waals surface area contributed by atoms with Crippen LogP contribution in [0.5, 0.6) is 17.2 Å². The Labute approximate surface area is 174 Å². The minimum atomic E-state index is -0.627. The molecule has 0 spiro atoms. The maximum Gasteiger partial charge on any atom is 0.268 e. The average Bonchev–Trinajstić information content (AvgIpc) is 2.74. The van der Waals surface area contributed by atoms with Gasteiger partial charge in [-0.1, -0.05) is 18.5 Å². The van der Waals surface area contributed by atoms with Crippen molar-refractivity contribution >= 4 is 29.1 Å². The molecule has 0 aliphatic carbocycles. The molecule has 7 nitrogen and oxygen atoms in total. The third-order valence-corrected chi connectivity index (χ3v) is 4.90. The lowest BCUT2D eigenvalue weighted by atomic mass is 10.1. The highest BCUT2D eigenvalue weighted by Gasteiger charge is 2.34. The normalized spacial score (nSPS) is 15.4. The van der Waals surface area contributed by atoms with Crippen LogP contribution in [0.25, 0.3) is 0 Å². The SMILES string of the molecule is CC[C@H]1Oc2ccc(Cl)cc2N(CC(=O)NCc2ccc(OC)cc2OC)C1=O. The van der Waals surface area contributed by atoms with Crippen molar-refractivity contribution in [2.24, 2.45) is 0 Å². The van der Waals surface area contributed by atoms with Crippen LogP contribution in [0.3, 0.4) is 0 Å². The van der Waals surface area contributed by atoms with E-state index in [0.717, 1.165) is 5.56 Å². The first-order chi connectivity index (χ1) is 14.0. The molecular weight excluding hydrogens is 396 g/mol. The number of amides is 2. The number of ether oxygens (including phenoxy) is 3. The fourth-order valence-electron chi connectivity index (χ4n) is 3.11. The van der Waals surface area contributed by atoms with E-state index in [2.05, 4.69) is 5.32 Å². The molecule has 2 amide bonds. The maximum absolute atomic E-state index is 12.8. The highest BCUT2D eigenvalue weighted by molar-refractivity contribution is 6.31. The fraction of sp³-hybridized carbons (Fsp3) is 0.333. The van der Waals surface area contributed by atoms with Gasteiger partial charge in [0.1, 0.15) is 23.8 Å². The lowest BCUT2D eigenvalue weighted by Gasteiger charge is -2.33. The lowest BCUT2D eigenvalue weighted by Crippen LogP contribution is -2.49. The van der Waals surface area contributed by atoms with Crippen molar-refractivity contribution in [3.05, 3.63) is 47.0 Å². The van der Waals surface area contributed by atoms with Gasteiger partial charge >= 0.3 is 0 Å². The minimum absolute atomic E-state index is 0.134. The Kier molecular flexibility index (Phi) is 6.49. The number of rotatable bonds is 7. The molecule has 0 aromatic heterocycles. The number of benzene rings is 2. The molecular formula is C21H23ClN2O5. The van der Waals surface area contributed by atoms with Crippen LogP contribution < -0.4 is 24.4 Å². The van der Waals surface area contributed by atoms with Gasteiger partial charge in [0.2, 0.25) is 5.91 Å². The average molecular weight is 419 g/mol. The number of fused-ring (bicyclic) bond motifs is 1. The summed E-state index contributed by atoms with van der Waals surface area (Å²) < 4.78 is 16.3. The number of nitrogens with zero attached hydrogens (tertiary/aromatic N) is 1. The van der Waals surface area contributed by atoms with Gasteiger partial charge in [-0.15, -0.1) is 0 Å². The van der Waals surface area contributed by atoms with Crippen molar-refractivity contribution in [2.75, 3.05) is 25.7 Å². The minimum Gasteiger partial charge on any atom is -0.497 e. The van der Waals surface area contributed by atoms with Gasteiger partial charge in [-0.2, -0.15) is 0 Å². The zero-order valence-corrected chi connectivity index (χ0v) is 17.3. The molecule has 0 saturated heterocycles. The third kappa shape index (κ3) is 4.56. The zero-order valence-electron chi connectivity index (χ0n) is 16.5. The van der Waals surface area contributed by atoms with E-state index in [1.54, 1.807) is 44.6 Å². The first-order valence-corrected chi connectivity index (χ1v) is 9.59. The summed E-state index contributed by atoms with van der Waals surface area (Å²) in [6.07, 6.45) is -0.125. The molecule has 0 bridgehead atoms. The lowest BCUT2D eigenvalue weighted by molar-refractivity contribution is -0.129. The molecule has 0 unspecified atom stereocenters. The van der Waals surface area contributed by atoms with Crippen LogP contribution in [0.15, 0.2) is 36.4 Å². The topological polar surface area (TPSA) is 77.1 Å². The summed E-state index contributed by atoms with van der Waals surface area (Å²) in [5, 5.41) is 3.29. The van der Waals surface area contributed by atoms with Gasteiger partial charge in [0.25, 0.3) is 5.91 Å². The van der Waals surface area contributed by atoms with Gasteiger partial charge in [-0.25, -0.2) is 0 Å². The summed E-state index contributed by atoms with van der Waals surface area (Å²) in [7, 11) is 3.13. The number of methoxy groups -OCH3 is 2. The van der Waals surface area contributed by atoms with Crippen molar-refractivity contribution in [1.29, 1.82) is 0 Å². The number of nitrogens with one attached hydrogen (secondary N) is 1. The highest BCUT2D eigenvalue weighted by Crippen LogP contribution is 2.36. The number of hydrogen-bond acceptors (Lipinski definition) is 5. The van der Waals surface area contributed by atoms with E-state index in [1.807, 2.05) is 13.0 Å². The van der Waals surface area contributed by atoms with Gasteiger partial charge in [0.15, 0.2) is 6.10 Å². The van der Waals surface area contributed by atoms with Gasteiger partial charge in [-0.05, 0) is 36.8 Å². The van der Waals surface area contributed by atoms with E-state index >= 15 is 0 Å². The molecule has 0 fully saturated rings. The Morgan fingerprint density at radius 3 is 2.69 bits per heavy atom. The van der Waals surface area contributed by atoms with Crippen molar-refractivity contribution in [1.82, 2.24) is 5.32 Å². The van der Waals surface area contributed by atoms with Gasteiger partial charge in [0, 0.05) is 23.2 Å². The molecule has 0 saturated carbocycles. The molecule has 1 aliphatic rings. The van der Waals surface area contributed by atoms with Crippen LogP contribution in [0.4, 0.5) is 5.69 Å². The Bertz CT molecular complexity index is 918. The monoisotopic (exact) mass is 418 g/mol. The van der Waals surface area contributed by atoms with Crippen molar-refractivity contribution in [3.63, 3.8) is 0 Å². The molecule has 1 N–H and O–H groups in total. The first-order valence-electron chi connectivity index (χ1n) is 9.22. The number of carbonyl (C=O) groups is 2. The summed E-state index contributed by atoms with van der Waals surface area (Å²) in [5.74, 6) is 1.23. The second-order valence-corrected chi connectivity index (χ2v) is 6.94. The van der Waals surface area contributed by atoms with Crippen LogP contribution in [0.2, 0.25) is 5.02 Å². The van der Waals surface area contributed by atoms with E-state index in [0.29, 0.717) is 34.4 Å². The third-order valence-electron chi connectivity index (χ3n) is 4.67. The quantitative estimate of drug-likeness (QED) is 0.747. The molecule has 0 radical (unpaired) electrons. The number of hydrogen-bond donors (Lipinski definition) is 1. The number of halogens is 1.